The molecule has 0 aromatic heterocycles. The lowest BCUT2D eigenvalue weighted by molar-refractivity contribution is -0.124. The lowest BCUT2D eigenvalue weighted by atomic mass is 10.0. The van der Waals surface area contributed by atoms with Gasteiger partial charge in [0.15, 0.2) is 0 Å². The molecule has 1 heterocycles. The summed E-state index contributed by atoms with van der Waals surface area (Å²) in [5, 5.41) is 5.72. The Kier molecular flexibility index (Phi) is 7.95. The van der Waals surface area contributed by atoms with Crippen LogP contribution in [0, 0.1) is 11.7 Å². The highest BCUT2D eigenvalue weighted by Crippen LogP contribution is 2.13. The van der Waals surface area contributed by atoms with Crippen molar-refractivity contribution in [2.24, 2.45) is 5.92 Å². The zero-order valence-electron chi connectivity index (χ0n) is 17.4. The molecule has 2 N–H and O–H groups in total. The lowest BCUT2D eigenvalue weighted by Gasteiger charge is -2.39. The van der Waals surface area contributed by atoms with Crippen LogP contribution in [0.1, 0.15) is 45.0 Å². The average molecular weight is 394 g/mol. The van der Waals surface area contributed by atoms with Gasteiger partial charge in [0.1, 0.15) is 11.9 Å². The van der Waals surface area contributed by atoms with Crippen LogP contribution in [-0.4, -0.2) is 60.6 Å². The van der Waals surface area contributed by atoms with Crippen molar-refractivity contribution in [1.29, 1.82) is 0 Å². The SMILES string of the molecule is CC1CN(C(C)CNC(=O)C(NC(=O)c2ccc(F)cc2)C(C)C)CC(C)O1. The van der Waals surface area contributed by atoms with E-state index in [2.05, 4.69) is 22.5 Å². The Hall–Kier alpha value is -1.99. The topological polar surface area (TPSA) is 70.7 Å². The number of benzene rings is 1. The van der Waals surface area contributed by atoms with Gasteiger partial charge < -0.3 is 15.4 Å². The molecular formula is C21H32FN3O3. The van der Waals surface area contributed by atoms with Crippen molar-refractivity contribution in [2.45, 2.75) is 58.9 Å². The van der Waals surface area contributed by atoms with Crippen molar-refractivity contribution in [3.8, 4) is 0 Å². The van der Waals surface area contributed by atoms with E-state index in [9.17, 15) is 14.0 Å². The molecule has 4 atom stereocenters. The highest BCUT2D eigenvalue weighted by atomic mass is 19.1. The first-order valence-corrected chi connectivity index (χ1v) is 9.91. The van der Waals surface area contributed by atoms with Gasteiger partial charge in [0.05, 0.1) is 12.2 Å². The third-order valence-electron chi connectivity index (χ3n) is 4.99. The number of hydrogen-bond acceptors (Lipinski definition) is 4. The van der Waals surface area contributed by atoms with Gasteiger partial charge in [0.25, 0.3) is 5.91 Å². The number of carbonyl (C=O) groups excluding carboxylic acids is 2. The zero-order chi connectivity index (χ0) is 20.8. The molecule has 0 spiro atoms. The maximum atomic E-state index is 13.0. The van der Waals surface area contributed by atoms with E-state index in [1.807, 2.05) is 27.7 Å². The van der Waals surface area contributed by atoms with Crippen LogP contribution in [0.25, 0.3) is 0 Å². The number of nitrogens with one attached hydrogen (secondary N) is 2. The van der Waals surface area contributed by atoms with E-state index in [0.29, 0.717) is 12.1 Å². The van der Waals surface area contributed by atoms with E-state index in [0.717, 1.165) is 13.1 Å². The minimum atomic E-state index is -0.660. The summed E-state index contributed by atoms with van der Waals surface area (Å²) in [5.41, 5.74) is 0.324. The summed E-state index contributed by atoms with van der Waals surface area (Å²) in [5.74, 6) is -1.09. The van der Waals surface area contributed by atoms with Crippen molar-refractivity contribution >= 4 is 11.8 Å². The molecule has 1 aromatic carbocycles. The van der Waals surface area contributed by atoms with E-state index in [1.54, 1.807) is 0 Å². The molecule has 1 aromatic rings. The molecule has 2 rings (SSSR count). The Morgan fingerprint density at radius 3 is 2.25 bits per heavy atom. The van der Waals surface area contributed by atoms with Gasteiger partial charge in [0, 0.05) is 31.2 Å². The van der Waals surface area contributed by atoms with Crippen molar-refractivity contribution in [1.82, 2.24) is 15.5 Å². The van der Waals surface area contributed by atoms with Gasteiger partial charge in [-0.05, 0) is 51.0 Å². The minimum Gasteiger partial charge on any atom is -0.373 e. The molecule has 28 heavy (non-hydrogen) atoms. The standard InChI is InChI=1S/C21H32FN3O3/c1-13(2)19(24-20(26)17-6-8-18(22)9-7-17)21(27)23-10-14(3)25-11-15(4)28-16(5)12-25/h6-9,13-16,19H,10-12H2,1-5H3,(H,23,27)(H,24,26). The van der Waals surface area contributed by atoms with Crippen molar-refractivity contribution < 1.29 is 18.7 Å². The summed E-state index contributed by atoms with van der Waals surface area (Å²) in [6.45, 7) is 12.1. The normalized spacial score (nSPS) is 22.5. The molecule has 4 unspecified atom stereocenters. The minimum absolute atomic E-state index is 0.0804. The van der Waals surface area contributed by atoms with Crippen LogP contribution in [0.3, 0.4) is 0 Å². The highest BCUT2D eigenvalue weighted by Gasteiger charge is 2.28. The summed E-state index contributed by atoms with van der Waals surface area (Å²) >= 11 is 0. The molecule has 7 heteroatoms. The summed E-state index contributed by atoms with van der Waals surface area (Å²) in [4.78, 5) is 27.4. The van der Waals surface area contributed by atoms with Crippen LogP contribution < -0.4 is 10.6 Å². The second-order valence-corrected chi connectivity index (χ2v) is 8.01. The summed E-state index contributed by atoms with van der Waals surface area (Å²) in [6.07, 6.45) is 0.334. The maximum Gasteiger partial charge on any atom is 0.251 e. The third kappa shape index (κ3) is 6.27. The van der Waals surface area contributed by atoms with Gasteiger partial charge in [-0.25, -0.2) is 4.39 Å². The van der Waals surface area contributed by atoms with Crippen LogP contribution >= 0.6 is 0 Å². The molecule has 0 aliphatic carbocycles. The Bertz CT molecular complexity index is 655. The largest absolute Gasteiger partial charge is 0.373 e. The molecule has 1 aliphatic rings. The molecule has 1 aliphatic heterocycles. The molecule has 0 saturated carbocycles. The smallest absolute Gasteiger partial charge is 0.251 e. The molecule has 156 valence electrons. The molecule has 6 nitrogen and oxygen atoms in total. The van der Waals surface area contributed by atoms with E-state index in [1.165, 1.54) is 24.3 Å². The van der Waals surface area contributed by atoms with Crippen molar-refractivity contribution in [3.05, 3.63) is 35.6 Å². The van der Waals surface area contributed by atoms with E-state index < -0.39 is 17.8 Å². The number of nitrogens with zero attached hydrogens (tertiary/aromatic N) is 1. The number of morpholine rings is 1. The van der Waals surface area contributed by atoms with Crippen molar-refractivity contribution in [2.75, 3.05) is 19.6 Å². The van der Waals surface area contributed by atoms with E-state index in [-0.39, 0.29) is 30.1 Å². The third-order valence-corrected chi connectivity index (χ3v) is 4.99. The molecule has 1 saturated heterocycles. The number of rotatable bonds is 7. The maximum absolute atomic E-state index is 13.0. The van der Waals surface area contributed by atoms with Crippen LogP contribution in [0.2, 0.25) is 0 Å². The Balaban J connectivity index is 1.91. The summed E-state index contributed by atoms with van der Waals surface area (Å²) < 4.78 is 18.8. The molecular weight excluding hydrogens is 361 g/mol. The Morgan fingerprint density at radius 2 is 1.71 bits per heavy atom. The first kappa shape index (κ1) is 22.3. The quantitative estimate of drug-likeness (QED) is 0.745. The summed E-state index contributed by atoms with van der Waals surface area (Å²) in [7, 11) is 0. The van der Waals surface area contributed by atoms with Crippen LogP contribution in [-0.2, 0) is 9.53 Å². The fraction of sp³-hybridized carbons (Fsp3) is 0.619. The van der Waals surface area contributed by atoms with Crippen LogP contribution in [0.4, 0.5) is 4.39 Å². The number of ether oxygens (including phenoxy) is 1. The average Bonchev–Trinajstić information content (AvgIpc) is 2.63. The van der Waals surface area contributed by atoms with Gasteiger partial charge in [0.2, 0.25) is 5.91 Å². The molecule has 0 radical (unpaired) electrons. The first-order chi connectivity index (χ1) is 13.2. The molecule has 0 bridgehead atoms. The van der Waals surface area contributed by atoms with Gasteiger partial charge in [-0.1, -0.05) is 13.8 Å². The fourth-order valence-electron chi connectivity index (χ4n) is 3.43. The van der Waals surface area contributed by atoms with E-state index >= 15 is 0 Å². The first-order valence-electron chi connectivity index (χ1n) is 9.91. The second-order valence-electron chi connectivity index (χ2n) is 8.01. The predicted octanol–water partition coefficient (Wildman–Crippen LogP) is 2.19. The van der Waals surface area contributed by atoms with Gasteiger partial charge in [-0.15, -0.1) is 0 Å². The van der Waals surface area contributed by atoms with E-state index in [4.69, 9.17) is 4.74 Å². The van der Waals surface area contributed by atoms with Gasteiger partial charge in [-0.3, -0.25) is 14.5 Å². The molecule has 2 amide bonds. The number of hydrogen-bond donors (Lipinski definition) is 2. The second kappa shape index (κ2) is 9.98. The summed E-state index contributed by atoms with van der Waals surface area (Å²) in [6, 6.07) is 4.77. The van der Waals surface area contributed by atoms with Crippen molar-refractivity contribution in [3.63, 3.8) is 0 Å². The van der Waals surface area contributed by atoms with Crippen LogP contribution in [0.5, 0.6) is 0 Å². The Labute approximate surface area is 166 Å². The fourth-order valence-corrected chi connectivity index (χ4v) is 3.43. The number of carbonyl (C=O) groups is 2. The zero-order valence-corrected chi connectivity index (χ0v) is 17.4. The monoisotopic (exact) mass is 393 g/mol. The predicted molar refractivity (Wildman–Crippen MR) is 107 cm³/mol. The number of amides is 2. The number of halogens is 1. The van der Waals surface area contributed by atoms with Gasteiger partial charge >= 0.3 is 0 Å². The Morgan fingerprint density at radius 1 is 1.14 bits per heavy atom. The van der Waals surface area contributed by atoms with Gasteiger partial charge in [-0.2, -0.15) is 0 Å². The van der Waals surface area contributed by atoms with Crippen LogP contribution in [0.15, 0.2) is 24.3 Å². The highest BCUT2D eigenvalue weighted by molar-refractivity contribution is 5.97. The molecule has 1 fully saturated rings. The lowest BCUT2D eigenvalue weighted by Crippen LogP contribution is -2.55.